The van der Waals surface area contributed by atoms with Gasteiger partial charge in [0.25, 0.3) is 0 Å². The molecule has 0 aromatic rings. The summed E-state index contributed by atoms with van der Waals surface area (Å²) in [5, 5.41) is 11.1. The highest BCUT2D eigenvalue weighted by atomic mass is 16.3. The molecular weight excluding hydrogens is 352 g/mol. The zero-order chi connectivity index (χ0) is 21.0. The lowest BCUT2D eigenvalue weighted by Gasteiger charge is -2.59. The maximum atomic E-state index is 11.1. The first kappa shape index (κ1) is 21.9. The van der Waals surface area contributed by atoms with E-state index in [1.807, 2.05) is 0 Å². The maximum absolute atomic E-state index is 11.1. The Morgan fingerprint density at radius 2 is 1.76 bits per heavy atom. The largest absolute Gasteiger partial charge is 0.392 e. The Hall–Kier alpha value is -0.300. The Bertz CT molecular complexity index is 620. The molecule has 4 aliphatic carbocycles. The van der Waals surface area contributed by atoms with Crippen LogP contribution in [-0.2, 0) is 0 Å². The summed E-state index contributed by atoms with van der Waals surface area (Å²) < 4.78 is 0. The summed E-state index contributed by atoms with van der Waals surface area (Å²) in [6.45, 7) is 14.9. The summed E-state index contributed by atoms with van der Waals surface area (Å²) in [5.41, 5.74) is 2.24. The second-order valence-corrected chi connectivity index (χ2v) is 12.5. The Kier molecular flexibility index (Phi) is 6.04. The summed E-state index contributed by atoms with van der Waals surface area (Å²) in [7, 11) is 0. The van der Waals surface area contributed by atoms with Gasteiger partial charge in [0, 0.05) is 5.41 Å². The lowest BCUT2D eigenvalue weighted by molar-refractivity contribution is -0.0931. The zero-order valence-corrected chi connectivity index (χ0v) is 20.2. The molecule has 0 aliphatic heterocycles. The Morgan fingerprint density at radius 3 is 2.48 bits per heavy atom. The quantitative estimate of drug-likeness (QED) is 0.470. The van der Waals surface area contributed by atoms with Gasteiger partial charge in [-0.05, 0) is 98.2 Å². The Morgan fingerprint density at radius 1 is 1.00 bits per heavy atom. The van der Waals surface area contributed by atoms with Crippen LogP contribution in [0.2, 0.25) is 0 Å². The first-order valence-electron chi connectivity index (χ1n) is 13.1. The highest BCUT2D eigenvalue weighted by Gasteiger charge is 2.60. The van der Waals surface area contributed by atoms with Gasteiger partial charge in [0.05, 0.1) is 6.10 Å². The normalized spacial score (nSPS) is 46.5. The van der Waals surface area contributed by atoms with Crippen molar-refractivity contribution in [2.24, 2.45) is 52.3 Å². The van der Waals surface area contributed by atoms with Crippen LogP contribution in [0, 0.1) is 52.3 Å². The van der Waals surface area contributed by atoms with Crippen molar-refractivity contribution < 1.29 is 5.11 Å². The van der Waals surface area contributed by atoms with Gasteiger partial charge in [0.15, 0.2) is 0 Å². The van der Waals surface area contributed by atoms with Gasteiger partial charge >= 0.3 is 0 Å². The van der Waals surface area contributed by atoms with Crippen LogP contribution >= 0.6 is 0 Å². The van der Waals surface area contributed by atoms with Crippen LogP contribution < -0.4 is 0 Å². The molecule has 3 saturated carbocycles. The van der Waals surface area contributed by atoms with E-state index in [9.17, 15) is 5.11 Å². The summed E-state index contributed by atoms with van der Waals surface area (Å²) in [5.74, 6) is 5.90. The minimum atomic E-state index is -0.103. The number of aliphatic hydroxyl groups is 1. The van der Waals surface area contributed by atoms with Crippen LogP contribution in [0.5, 0.6) is 0 Å². The van der Waals surface area contributed by atoms with Crippen LogP contribution in [0.25, 0.3) is 0 Å². The molecule has 0 amide bonds. The molecule has 4 rings (SSSR count). The van der Waals surface area contributed by atoms with Gasteiger partial charge in [-0.15, -0.1) is 0 Å². The van der Waals surface area contributed by atoms with E-state index < -0.39 is 0 Å². The van der Waals surface area contributed by atoms with E-state index in [4.69, 9.17) is 0 Å². The minimum absolute atomic E-state index is 0.0822. The highest BCUT2D eigenvalue weighted by molar-refractivity contribution is 5.26. The van der Waals surface area contributed by atoms with E-state index in [-0.39, 0.29) is 11.5 Å². The Labute approximate surface area is 181 Å². The van der Waals surface area contributed by atoms with Gasteiger partial charge in [-0.25, -0.2) is 0 Å². The van der Waals surface area contributed by atoms with Crippen molar-refractivity contribution in [3.8, 4) is 0 Å². The van der Waals surface area contributed by atoms with E-state index in [1.54, 1.807) is 5.57 Å². The average molecular weight is 401 g/mol. The fraction of sp³-hybridized carbons (Fsp3) is 0.929. The molecule has 0 aromatic carbocycles. The molecule has 0 bridgehead atoms. The molecule has 1 heteroatoms. The topological polar surface area (TPSA) is 20.2 Å². The fourth-order valence-electron chi connectivity index (χ4n) is 8.75. The molecule has 0 radical (unpaired) electrons. The SMILES string of the molecule is CC(C)C(C)CC[C@@H](C)[C@H]1CC[C@H]2[C@@H]3CC=C4CCCC(O)[C@]4(C)[C@H]3CC[C@]12C. The van der Waals surface area contributed by atoms with Gasteiger partial charge < -0.3 is 5.11 Å². The molecule has 4 aliphatic rings. The van der Waals surface area contributed by atoms with Crippen molar-refractivity contribution in [3.05, 3.63) is 11.6 Å². The smallest absolute Gasteiger partial charge is 0.0633 e. The summed E-state index contributed by atoms with van der Waals surface area (Å²) in [4.78, 5) is 0. The number of aliphatic hydroxyl groups excluding tert-OH is 1. The van der Waals surface area contributed by atoms with E-state index in [0.717, 1.165) is 47.8 Å². The van der Waals surface area contributed by atoms with Gasteiger partial charge in [0.2, 0.25) is 0 Å². The molecule has 0 spiro atoms. The van der Waals surface area contributed by atoms with Crippen molar-refractivity contribution in [1.82, 2.24) is 0 Å². The lowest BCUT2D eigenvalue weighted by Crippen LogP contribution is -2.54. The summed E-state index contributed by atoms with van der Waals surface area (Å²) in [6, 6.07) is 0. The van der Waals surface area contributed by atoms with Crippen LogP contribution in [0.15, 0.2) is 11.6 Å². The molecule has 166 valence electrons. The number of hydrogen-bond acceptors (Lipinski definition) is 1. The average Bonchev–Trinajstić information content (AvgIpc) is 3.04. The number of hydrogen-bond donors (Lipinski definition) is 1. The predicted octanol–water partition coefficient (Wildman–Crippen LogP) is 7.63. The molecule has 3 fully saturated rings. The molecular formula is C28H48O. The van der Waals surface area contributed by atoms with Gasteiger partial charge in [0.1, 0.15) is 0 Å². The molecule has 0 heterocycles. The van der Waals surface area contributed by atoms with Crippen LogP contribution in [0.4, 0.5) is 0 Å². The number of fused-ring (bicyclic) bond motifs is 5. The minimum Gasteiger partial charge on any atom is -0.392 e. The second kappa shape index (κ2) is 7.99. The molecule has 0 aromatic heterocycles. The second-order valence-electron chi connectivity index (χ2n) is 12.5. The molecule has 9 atom stereocenters. The van der Waals surface area contributed by atoms with Crippen molar-refractivity contribution in [1.29, 1.82) is 0 Å². The molecule has 2 unspecified atom stereocenters. The highest BCUT2D eigenvalue weighted by Crippen LogP contribution is 2.67. The maximum Gasteiger partial charge on any atom is 0.0633 e. The lowest BCUT2D eigenvalue weighted by atomic mass is 9.46. The monoisotopic (exact) mass is 400 g/mol. The third-order valence-electron chi connectivity index (χ3n) is 11.1. The zero-order valence-electron chi connectivity index (χ0n) is 20.2. The standard InChI is InChI=1S/C28H48O/c1-18(2)19(3)10-11-20(4)23-14-15-24-22-13-12-21-8-7-9-26(29)28(21,6)25(22)16-17-27(23,24)5/h12,18-20,22-26,29H,7-11,13-17H2,1-6H3/t19?,20-,22+,23-,24+,25+,26?,27-,28+/m1/s1. The van der Waals surface area contributed by atoms with E-state index in [2.05, 4.69) is 47.6 Å². The van der Waals surface area contributed by atoms with Crippen molar-refractivity contribution in [2.45, 2.75) is 112 Å². The first-order chi connectivity index (χ1) is 13.7. The Balaban J connectivity index is 1.51. The fourth-order valence-corrected chi connectivity index (χ4v) is 8.75. The van der Waals surface area contributed by atoms with Gasteiger partial charge in [-0.3, -0.25) is 0 Å². The van der Waals surface area contributed by atoms with E-state index in [0.29, 0.717) is 5.41 Å². The van der Waals surface area contributed by atoms with Crippen molar-refractivity contribution in [2.75, 3.05) is 0 Å². The molecule has 29 heavy (non-hydrogen) atoms. The van der Waals surface area contributed by atoms with Crippen molar-refractivity contribution >= 4 is 0 Å². The predicted molar refractivity (Wildman–Crippen MR) is 124 cm³/mol. The summed E-state index contributed by atoms with van der Waals surface area (Å²) in [6.07, 6.45) is 15.7. The number of allylic oxidation sites excluding steroid dienone is 1. The van der Waals surface area contributed by atoms with Crippen LogP contribution in [-0.4, -0.2) is 11.2 Å². The van der Waals surface area contributed by atoms with Crippen LogP contribution in [0.1, 0.15) is 106 Å². The van der Waals surface area contributed by atoms with Crippen molar-refractivity contribution in [3.63, 3.8) is 0 Å². The van der Waals surface area contributed by atoms with Gasteiger partial charge in [-0.1, -0.05) is 66.0 Å². The first-order valence-corrected chi connectivity index (χ1v) is 13.1. The molecule has 0 saturated heterocycles. The van der Waals surface area contributed by atoms with Crippen LogP contribution in [0.3, 0.4) is 0 Å². The van der Waals surface area contributed by atoms with E-state index in [1.165, 1.54) is 57.8 Å². The third kappa shape index (κ3) is 3.46. The van der Waals surface area contributed by atoms with E-state index >= 15 is 0 Å². The van der Waals surface area contributed by atoms with Gasteiger partial charge in [-0.2, -0.15) is 0 Å². The molecule has 1 N–H and O–H groups in total. The summed E-state index contributed by atoms with van der Waals surface area (Å²) >= 11 is 0. The molecule has 1 nitrogen and oxygen atoms in total. The number of rotatable bonds is 5. The third-order valence-corrected chi connectivity index (χ3v) is 11.1.